The quantitative estimate of drug-likeness (QED) is 0.664. The molecule has 0 bridgehead atoms. The van der Waals surface area contributed by atoms with Crippen LogP contribution in [0.3, 0.4) is 0 Å². The Morgan fingerprint density at radius 3 is 2.41 bits per heavy atom. The monoisotopic (exact) mass is 402 g/mol. The van der Waals surface area contributed by atoms with Crippen molar-refractivity contribution in [2.45, 2.75) is 46.5 Å². The zero-order valence-electron chi connectivity index (χ0n) is 18.6. The van der Waals surface area contributed by atoms with E-state index in [1.54, 1.807) is 7.11 Å². The molecule has 0 aliphatic heterocycles. The number of allylic oxidation sites excluding steroid dienone is 2. The number of rotatable bonds is 9. The average Bonchev–Trinajstić information content (AvgIpc) is 2.65. The van der Waals surface area contributed by atoms with Crippen LogP contribution < -0.4 is 10.2 Å². The fourth-order valence-corrected chi connectivity index (χ4v) is 3.93. The van der Waals surface area contributed by atoms with E-state index in [9.17, 15) is 9.59 Å². The van der Waals surface area contributed by atoms with Gasteiger partial charge in [-0.1, -0.05) is 23.8 Å². The Labute approximate surface area is 174 Å². The molecular formula is C23H36N3O3+. The molecule has 29 heavy (non-hydrogen) atoms. The van der Waals surface area contributed by atoms with Gasteiger partial charge in [0.1, 0.15) is 0 Å². The van der Waals surface area contributed by atoms with Crippen LogP contribution in [0.15, 0.2) is 23.9 Å². The smallest absolute Gasteiger partial charge is 0.281 e. The lowest BCUT2D eigenvalue weighted by atomic mass is 10.0. The molecule has 1 aliphatic rings. The van der Waals surface area contributed by atoms with E-state index in [-0.39, 0.29) is 24.9 Å². The van der Waals surface area contributed by atoms with Gasteiger partial charge in [-0.3, -0.25) is 9.59 Å². The molecule has 1 atom stereocenters. The molecule has 0 aromatic heterocycles. The molecule has 0 radical (unpaired) electrons. The first-order chi connectivity index (χ1) is 13.8. The Bertz CT molecular complexity index is 735. The van der Waals surface area contributed by atoms with Gasteiger partial charge in [0.15, 0.2) is 13.1 Å². The lowest BCUT2D eigenvalue weighted by molar-refractivity contribution is -0.862. The van der Waals surface area contributed by atoms with Crippen molar-refractivity contribution in [3.05, 3.63) is 40.6 Å². The van der Waals surface area contributed by atoms with Gasteiger partial charge in [-0.15, -0.1) is 0 Å². The Kier molecular flexibility index (Phi) is 8.86. The highest BCUT2D eigenvalue weighted by atomic mass is 16.5. The molecule has 1 unspecified atom stereocenters. The maximum Gasteiger partial charge on any atom is 0.281 e. The summed E-state index contributed by atoms with van der Waals surface area (Å²) in [4.78, 5) is 28.2. The molecule has 0 heterocycles. The lowest BCUT2D eigenvalue weighted by Crippen LogP contribution is -3.11. The number of carbonyl (C=O) groups is 2. The first kappa shape index (κ1) is 23.1. The number of aryl methyl sites for hydroxylation is 3. The maximum absolute atomic E-state index is 12.9. The van der Waals surface area contributed by atoms with Crippen molar-refractivity contribution in [1.29, 1.82) is 0 Å². The summed E-state index contributed by atoms with van der Waals surface area (Å²) in [6, 6.07) is 4.13. The van der Waals surface area contributed by atoms with Crippen LogP contribution in [0.1, 0.15) is 42.4 Å². The number of ether oxygens (including phenoxy) is 1. The van der Waals surface area contributed by atoms with Crippen molar-refractivity contribution in [3.63, 3.8) is 0 Å². The Morgan fingerprint density at radius 1 is 1.14 bits per heavy atom. The van der Waals surface area contributed by atoms with Crippen LogP contribution >= 0.6 is 0 Å². The van der Waals surface area contributed by atoms with Gasteiger partial charge >= 0.3 is 0 Å². The number of anilines is 1. The van der Waals surface area contributed by atoms with Crippen LogP contribution in [0.2, 0.25) is 0 Å². The highest BCUT2D eigenvalue weighted by Gasteiger charge is 2.23. The Balaban J connectivity index is 1.95. The number of quaternary nitrogens is 1. The topological polar surface area (TPSA) is 63.1 Å². The molecular weight excluding hydrogens is 366 g/mol. The Hall–Kier alpha value is -2.18. The van der Waals surface area contributed by atoms with Gasteiger partial charge in [0.05, 0.1) is 13.7 Å². The van der Waals surface area contributed by atoms with E-state index < -0.39 is 0 Å². The Morgan fingerprint density at radius 2 is 1.83 bits per heavy atom. The summed E-state index contributed by atoms with van der Waals surface area (Å²) in [5.41, 5.74) is 5.26. The zero-order valence-corrected chi connectivity index (χ0v) is 18.6. The van der Waals surface area contributed by atoms with Crippen molar-refractivity contribution in [2.24, 2.45) is 0 Å². The molecule has 0 saturated heterocycles. The number of benzene rings is 1. The highest BCUT2D eigenvalue weighted by molar-refractivity contribution is 5.93. The highest BCUT2D eigenvalue weighted by Crippen LogP contribution is 2.22. The first-order valence-electron chi connectivity index (χ1n) is 10.5. The number of hydrogen-bond acceptors (Lipinski definition) is 3. The third kappa shape index (κ3) is 6.98. The summed E-state index contributed by atoms with van der Waals surface area (Å²) in [5, 5.41) is 3.02. The van der Waals surface area contributed by atoms with Crippen molar-refractivity contribution < 1.29 is 19.2 Å². The van der Waals surface area contributed by atoms with Gasteiger partial charge < -0.3 is 19.9 Å². The van der Waals surface area contributed by atoms with Gasteiger partial charge in [0, 0.05) is 25.0 Å². The van der Waals surface area contributed by atoms with Crippen molar-refractivity contribution in [3.8, 4) is 0 Å². The molecule has 1 aromatic rings. The number of hydrogen-bond donors (Lipinski definition) is 2. The number of nitrogens with zero attached hydrogens (tertiary/aromatic N) is 1. The molecule has 2 rings (SSSR count). The summed E-state index contributed by atoms with van der Waals surface area (Å²) in [7, 11) is 3.53. The summed E-state index contributed by atoms with van der Waals surface area (Å²) >= 11 is 0. The van der Waals surface area contributed by atoms with Crippen LogP contribution in [0.25, 0.3) is 0 Å². The average molecular weight is 403 g/mol. The van der Waals surface area contributed by atoms with E-state index in [4.69, 9.17) is 4.74 Å². The number of nitrogens with one attached hydrogen (secondary N) is 2. The van der Waals surface area contributed by atoms with Crippen LogP contribution in [-0.2, 0) is 14.3 Å². The van der Waals surface area contributed by atoms with Crippen molar-refractivity contribution in [1.82, 2.24) is 4.90 Å². The predicted molar refractivity (Wildman–Crippen MR) is 116 cm³/mol. The molecule has 1 aromatic carbocycles. The second-order valence-corrected chi connectivity index (χ2v) is 8.11. The van der Waals surface area contributed by atoms with Gasteiger partial charge in [-0.25, -0.2) is 0 Å². The molecule has 0 spiro atoms. The van der Waals surface area contributed by atoms with Gasteiger partial charge in [-0.2, -0.15) is 0 Å². The molecule has 2 amide bonds. The summed E-state index contributed by atoms with van der Waals surface area (Å²) in [6.45, 7) is 7.64. The zero-order chi connectivity index (χ0) is 21.4. The molecule has 1 aliphatic carbocycles. The lowest BCUT2D eigenvalue weighted by Gasteiger charge is -2.28. The number of methoxy groups -OCH3 is 1. The molecule has 6 heteroatoms. The summed E-state index contributed by atoms with van der Waals surface area (Å²) in [6.07, 6.45) is 6.41. The first-order valence-corrected chi connectivity index (χ1v) is 10.5. The molecule has 2 N–H and O–H groups in total. The van der Waals surface area contributed by atoms with E-state index in [1.807, 2.05) is 32.7 Å². The van der Waals surface area contributed by atoms with E-state index >= 15 is 0 Å². The minimum absolute atomic E-state index is 0.0446. The fraction of sp³-hybridized carbons (Fsp3) is 0.565. The van der Waals surface area contributed by atoms with Crippen molar-refractivity contribution >= 4 is 17.5 Å². The van der Waals surface area contributed by atoms with Crippen LogP contribution in [0, 0.1) is 20.8 Å². The fourth-order valence-electron chi connectivity index (χ4n) is 3.93. The van der Waals surface area contributed by atoms with Crippen LogP contribution in [0.5, 0.6) is 0 Å². The minimum Gasteiger partial charge on any atom is -0.383 e. The standard InChI is InChI=1S/C23H35N3O3/c1-17-13-18(2)23(19(3)14-17)24-21(27)15-25(4)16-22(28)26(11-12-29-5)20-9-7-6-8-10-20/h9,13-14H,6-8,10-12,15-16H2,1-5H3,(H,24,27)/p+1. The SMILES string of the molecule is COCCN(C(=O)C[NH+](C)CC(=O)Nc1c(C)cc(C)cc1C)C1=CCCCC1. The molecule has 6 nitrogen and oxygen atoms in total. The van der Waals surface area contributed by atoms with Crippen LogP contribution in [-0.4, -0.2) is 57.1 Å². The summed E-state index contributed by atoms with van der Waals surface area (Å²) < 4.78 is 5.19. The molecule has 0 fully saturated rings. The summed E-state index contributed by atoms with van der Waals surface area (Å²) in [5.74, 6) is -0.0335. The third-order valence-electron chi connectivity index (χ3n) is 5.29. The number of likely N-dealkylation sites (N-methyl/N-ethyl adjacent to an activating group) is 1. The van der Waals surface area contributed by atoms with Crippen molar-refractivity contribution in [2.75, 3.05) is 45.7 Å². The van der Waals surface area contributed by atoms with Gasteiger partial charge in [-0.05, 0) is 57.6 Å². The van der Waals surface area contributed by atoms with Gasteiger partial charge in [0.25, 0.3) is 11.8 Å². The number of amides is 2. The third-order valence-corrected chi connectivity index (χ3v) is 5.29. The van der Waals surface area contributed by atoms with E-state index in [0.29, 0.717) is 13.2 Å². The van der Waals surface area contributed by atoms with E-state index in [0.717, 1.165) is 46.7 Å². The maximum atomic E-state index is 12.9. The molecule has 160 valence electrons. The largest absolute Gasteiger partial charge is 0.383 e. The normalized spacial score (nSPS) is 14.9. The minimum atomic E-state index is -0.0781. The molecule has 0 saturated carbocycles. The van der Waals surface area contributed by atoms with Gasteiger partial charge in [0.2, 0.25) is 0 Å². The second-order valence-electron chi connectivity index (χ2n) is 8.11. The van der Waals surface area contributed by atoms with Crippen LogP contribution in [0.4, 0.5) is 5.69 Å². The van der Waals surface area contributed by atoms with E-state index in [2.05, 4.69) is 23.5 Å². The number of carbonyl (C=O) groups excluding carboxylic acids is 2. The van der Waals surface area contributed by atoms with E-state index in [1.165, 1.54) is 12.0 Å². The predicted octanol–water partition coefficient (Wildman–Crippen LogP) is 2.00. The second kappa shape index (κ2) is 11.1.